The highest BCUT2D eigenvalue weighted by Gasteiger charge is 2.38. The van der Waals surface area contributed by atoms with Crippen LogP contribution in [0.4, 0.5) is 0 Å². The minimum Gasteiger partial charge on any atom is -0.385 e. The second kappa shape index (κ2) is 3.89. The fourth-order valence-electron chi connectivity index (χ4n) is 3.07. The van der Waals surface area contributed by atoms with E-state index in [-0.39, 0.29) is 0 Å². The van der Waals surface area contributed by atoms with Crippen LogP contribution < -0.4 is 0 Å². The van der Waals surface area contributed by atoms with Crippen molar-refractivity contribution in [3.63, 3.8) is 0 Å². The van der Waals surface area contributed by atoms with Crippen LogP contribution in [-0.2, 0) is 12.0 Å². The van der Waals surface area contributed by atoms with Crippen molar-refractivity contribution in [2.45, 2.75) is 50.5 Å². The number of benzene rings is 1. The van der Waals surface area contributed by atoms with Gasteiger partial charge in [-0.15, -0.1) is 0 Å². The zero-order chi connectivity index (χ0) is 11.0. The summed E-state index contributed by atoms with van der Waals surface area (Å²) in [7, 11) is 0. The quantitative estimate of drug-likeness (QED) is 0.751. The molecule has 0 saturated heterocycles. The third-order valence-electron chi connectivity index (χ3n) is 4.13. The minimum atomic E-state index is -0.520. The standard InChI is InChI=1S/C15H20O/c16-15(11-12-8-9-12)10-4-3-6-13-5-1-2-7-14(13)15/h1-2,5,7,12,16H,3-4,6,8-11H2. The summed E-state index contributed by atoms with van der Waals surface area (Å²) in [5.41, 5.74) is 2.08. The molecule has 16 heavy (non-hydrogen) atoms. The topological polar surface area (TPSA) is 20.2 Å². The van der Waals surface area contributed by atoms with Crippen LogP contribution >= 0.6 is 0 Å². The Labute approximate surface area is 97.5 Å². The van der Waals surface area contributed by atoms with Crippen LogP contribution in [0.5, 0.6) is 0 Å². The lowest BCUT2D eigenvalue weighted by Gasteiger charge is -2.29. The molecule has 1 fully saturated rings. The average molecular weight is 216 g/mol. The first-order chi connectivity index (χ1) is 7.78. The molecular formula is C15H20O. The second-order valence-electron chi connectivity index (χ2n) is 5.54. The number of fused-ring (bicyclic) bond motifs is 1. The van der Waals surface area contributed by atoms with Crippen LogP contribution in [0.2, 0.25) is 0 Å². The first-order valence-corrected chi connectivity index (χ1v) is 6.59. The van der Waals surface area contributed by atoms with E-state index in [9.17, 15) is 5.11 Å². The molecule has 1 unspecified atom stereocenters. The van der Waals surface area contributed by atoms with Gasteiger partial charge >= 0.3 is 0 Å². The fourth-order valence-corrected chi connectivity index (χ4v) is 3.07. The molecule has 0 spiro atoms. The van der Waals surface area contributed by atoms with Crippen molar-refractivity contribution in [1.82, 2.24) is 0 Å². The van der Waals surface area contributed by atoms with Gasteiger partial charge in [-0.1, -0.05) is 37.1 Å². The second-order valence-corrected chi connectivity index (χ2v) is 5.54. The predicted octanol–water partition coefficient (Wildman–Crippen LogP) is 3.40. The summed E-state index contributed by atoms with van der Waals surface area (Å²) in [6, 6.07) is 8.51. The SMILES string of the molecule is OC1(CC2CC2)CCCCc2ccccc21. The Balaban J connectivity index is 1.97. The molecule has 0 radical (unpaired) electrons. The van der Waals surface area contributed by atoms with Crippen molar-refractivity contribution in [2.24, 2.45) is 5.92 Å². The summed E-state index contributed by atoms with van der Waals surface area (Å²) >= 11 is 0. The van der Waals surface area contributed by atoms with Gasteiger partial charge in [0.05, 0.1) is 5.60 Å². The van der Waals surface area contributed by atoms with Gasteiger partial charge < -0.3 is 5.11 Å². The van der Waals surface area contributed by atoms with Crippen LogP contribution in [0.15, 0.2) is 24.3 Å². The lowest BCUT2D eigenvalue weighted by molar-refractivity contribution is 0.0124. The third kappa shape index (κ3) is 1.89. The summed E-state index contributed by atoms with van der Waals surface area (Å²) in [5.74, 6) is 0.788. The van der Waals surface area contributed by atoms with Crippen molar-refractivity contribution < 1.29 is 5.11 Å². The van der Waals surface area contributed by atoms with Crippen LogP contribution in [0.1, 0.15) is 49.7 Å². The Bertz CT molecular complexity index is 381. The molecule has 86 valence electrons. The smallest absolute Gasteiger partial charge is 0.0901 e. The highest BCUT2D eigenvalue weighted by atomic mass is 16.3. The van der Waals surface area contributed by atoms with Gasteiger partial charge in [0.15, 0.2) is 0 Å². The molecule has 1 N–H and O–H groups in total. The fraction of sp³-hybridized carbons (Fsp3) is 0.600. The highest BCUT2D eigenvalue weighted by molar-refractivity contribution is 5.33. The molecule has 2 aliphatic rings. The maximum absolute atomic E-state index is 10.9. The molecule has 0 bridgehead atoms. The van der Waals surface area contributed by atoms with Crippen LogP contribution in [-0.4, -0.2) is 5.11 Å². The average Bonchev–Trinajstić information content (AvgIpc) is 3.09. The third-order valence-corrected chi connectivity index (χ3v) is 4.13. The van der Waals surface area contributed by atoms with E-state index >= 15 is 0 Å². The van der Waals surface area contributed by atoms with Gasteiger partial charge in [-0.3, -0.25) is 0 Å². The van der Waals surface area contributed by atoms with Gasteiger partial charge in [0, 0.05) is 0 Å². The Morgan fingerprint density at radius 2 is 2.00 bits per heavy atom. The predicted molar refractivity (Wildman–Crippen MR) is 65.2 cm³/mol. The molecule has 1 atom stereocenters. The zero-order valence-corrected chi connectivity index (χ0v) is 9.78. The number of hydrogen-bond acceptors (Lipinski definition) is 1. The van der Waals surface area contributed by atoms with E-state index in [2.05, 4.69) is 24.3 Å². The summed E-state index contributed by atoms with van der Waals surface area (Å²) in [6.07, 6.45) is 8.13. The van der Waals surface area contributed by atoms with Crippen molar-refractivity contribution >= 4 is 0 Å². The van der Waals surface area contributed by atoms with Gasteiger partial charge in [0.25, 0.3) is 0 Å². The monoisotopic (exact) mass is 216 g/mol. The molecule has 0 aromatic heterocycles. The molecule has 0 aliphatic heterocycles. The number of hydrogen-bond donors (Lipinski definition) is 1. The van der Waals surface area contributed by atoms with E-state index in [0.717, 1.165) is 31.6 Å². The molecule has 1 aromatic rings. The van der Waals surface area contributed by atoms with Gasteiger partial charge in [0.1, 0.15) is 0 Å². The van der Waals surface area contributed by atoms with Gasteiger partial charge in [-0.2, -0.15) is 0 Å². The van der Waals surface area contributed by atoms with Gasteiger partial charge in [-0.25, -0.2) is 0 Å². The van der Waals surface area contributed by atoms with E-state index < -0.39 is 5.60 Å². The van der Waals surface area contributed by atoms with Crippen molar-refractivity contribution in [3.8, 4) is 0 Å². The zero-order valence-electron chi connectivity index (χ0n) is 9.78. The van der Waals surface area contributed by atoms with E-state index in [1.165, 1.54) is 30.4 Å². The minimum absolute atomic E-state index is 0.520. The molecule has 1 nitrogen and oxygen atoms in total. The summed E-state index contributed by atoms with van der Waals surface area (Å²) in [5, 5.41) is 10.9. The molecule has 2 aliphatic carbocycles. The Morgan fingerprint density at radius 3 is 2.81 bits per heavy atom. The van der Waals surface area contributed by atoms with Crippen molar-refractivity contribution in [1.29, 1.82) is 0 Å². The summed E-state index contributed by atoms with van der Waals surface area (Å²) in [6.45, 7) is 0. The Kier molecular flexibility index (Phi) is 2.51. The number of aryl methyl sites for hydroxylation is 1. The van der Waals surface area contributed by atoms with Crippen LogP contribution in [0, 0.1) is 5.92 Å². The summed E-state index contributed by atoms with van der Waals surface area (Å²) < 4.78 is 0. The van der Waals surface area contributed by atoms with Gasteiger partial charge in [-0.05, 0) is 49.1 Å². The van der Waals surface area contributed by atoms with E-state index in [1.54, 1.807) is 0 Å². The lowest BCUT2D eigenvalue weighted by atomic mass is 9.83. The number of rotatable bonds is 2. The van der Waals surface area contributed by atoms with Crippen LogP contribution in [0.3, 0.4) is 0 Å². The molecule has 3 rings (SSSR count). The van der Waals surface area contributed by atoms with Crippen LogP contribution in [0.25, 0.3) is 0 Å². The van der Waals surface area contributed by atoms with E-state index in [0.29, 0.717) is 0 Å². The largest absolute Gasteiger partial charge is 0.385 e. The molecule has 0 heterocycles. The van der Waals surface area contributed by atoms with Gasteiger partial charge in [0.2, 0.25) is 0 Å². The maximum Gasteiger partial charge on any atom is 0.0901 e. The normalized spacial score (nSPS) is 29.6. The molecule has 1 saturated carbocycles. The van der Waals surface area contributed by atoms with Crippen molar-refractivity contribution in [3.05, 3.63) is 35.4 Å². The van der Waals surface area contributed by atoms with Crippen molar-refractivity contribution in [2.75, 3.05) is 0 Å². The molecule has 1 aromatic carbocycles. The lowest BCUT2D eigenvalue weighted by Crippen LogP contribution is -2.26. The molecule has 0 amide bonds. The van der Waals surface area contributed by atoms with E-state index in [4.69, 9.17) is 0 Å². The first-order valence-electron chi connectivity index (χ1n) is 6.59. The first kappa shape index (κ1) is 10.3. The Hall–Kier alpha value is -0.820. The molecular weight excluding hydrogens is 196 g/mol. The summed E-state index contributed by atoms with van der Waals surface area (Å²) in [4.78, 5) is 0. The highest BCUT2D eigenvalue weighted by Crippen LogP contribution is 2.45. The van der Waals surface area contributed by atoms with E-state index in [1.807, 2.05) is 0 Å². The number of aliphatic hydroxyl groups is 1. The Morgan fingerprint density at radius 1 is 1.19 bits per heavy atom. The molecule has 1 heteroatoms. The maximum atomic E-state index is 10.9.